The van der Waals surface area contributed by atoms with Gasteiger partial charge in [-0.2, -0.15) is 0 Å². The summed E-state index contributed by atoms with van der Waals surface area (Å²) in [5.74, 6) is -0.455. The van der Waals surface area contributed by atoms with Crippen molar-refractivity contribution in [3.8, 4) is 0 Å². The van der Waals surface area contributed by atoms with E-state index in [1.807, 2.05) is 24.3 Å². The maximum Gasteiger partial charge on any atom is 0.277 e. The number of carbonyl (C=O) groups is 2. The third-order valence-electron chi connectivity index (χ3n) is 3.62. The van der Waals surface area contributed by atoms with Crippen molar-refractivity contribution in [3.05, 3.63) is 40.5 Å². The van der Waals surface area contributed by atoms with Crippen molar-refractivity contribution in [2.75, 3.05) is 11.9 Å². The highest BCUT2D eigenvalue weighted by molar-refractivity contribution is 9.10. The minimum Gasteiger partial charge on any atom is -0.351 e. The number of nitrogens with one attached hydrogen (secondary N) is 1. The summed E-state index contributed by atoms with van der Waals surface area (Å²) in [4.78, 5) is 25.5. The van der Waals surface area contributed by atoms with Gasteiger partial charge in [-0.05, 0) is 30.7 Å². The van der Waals surface area contributed by atoms with Crippen molar-refractivity contribution in [2.24, 2.45) is 0 Å². The molecule has 0 unspecified atom stereocenters. The van der Waals surface area contributed by atoms with E-state index < -0.39 is 0 Å². The predicted molar refractivity (Wildman–Crippen MR) is 91.3 cm³/mol. The predicted octanol–water partition coefficient (Wildman–Crippen LogP) is 4.08. The summed E-state index contributed by atoms with van der Waals surface area (Å²) in [6.45, 7) is 2.67. The number of unbranched alkanes of at least 4 members (excludes halogenated alkanes) is 4. The van der Waals surface area contributed by atoms with Gasteiger partial charge in [0, 0.05) is 22.8 Å². The first-order valence-electron chi connectivity index (χ1n) is 7.72. The van der Waals surface area contributed by atoms with Crippen LogP contribution < -0.4 is 5.32 Å². The molecule has 0 aliphatic carbocycles. The molecule has 1 heterocycles. The number of imide groups is 1. The van der Waals surface area contributed by atoms with Gasteiger partial charge in [-0.25, -0.2) is 0 Å². The summed E-state index contributed by atoms with van der Waals surface area (Å²) in [6.07, 6.45) is 6.86. The molecule has 0 atom stereocenters. The molecular weight excluding hydrogens is 344 g/mol. The smallest absolute Gasteiger partial charge is 0.277 e. The monoisotopic (exact) mass is 364 g/mol. The van der Waals surface area contributed by atoms with Crippen LogP contribution in [0.1, 0.15) is 39.0 Å². The molecule has 0 bridgehead atoms. The van der Waals surface area contributed by atoms with Crippen LogP contribution in [-0.2, 0) is 9.59 Å². The van der Waals surface area contributed by atoms with Gasteiger partial charge >= 0.3 is 0 Å². The molecule has 118 valence electrons. The van der Waals surface area contributed by atoms with Crippen molar-refractivity contribution in [1.82, 2.24) is 4.90 Å². The lowest BCUT2D eigenvalue weighted by Gasteiger charge is -2.15. The van der Waals surface area contributed by atoms with Crippen LogP contribution in [0.2, 0.25) is 0 Å². The number of halogens is 1. The summed E-state index contributed by atoms with van der Waals surface area (Å²) in [5.41, 5.74) is 1.14. The molecule has 1 N–H and O–H groups in total. The fourth-order valence-corrected chi connectivity index (χ4v) is 2.64. The van der Waals surface area contributed by atoms with Gasteiger partial charge in [-0.1, -0.05) is 48.5 Å². The molecule has 0 saturated heterocycles. The first-order chi connectivity index (χ1) is 10.6. The topological polar surface area (TPSA) is 49.4 Å². The number of amides is 2. The Morgan fingerprint density at radius 3 is 2.41 bits per heavy atom. The number of rotatable bonds is 8. The van der Waals surface area contributed by atoms with Gasteiger partial charge in [-0.15, -0.1) is 0 Å². The fourth-order valence-electron chi connectivity index (χ4n) is 2.37. The van der Waals surface area contributed by atoms with Crippen LogP contribution in [0, 0.1) is 0 Å². The summed E-state index contributed by atoms with van der Waals surface area (Å²) < 4.78 is 0.967. The zero-order valence-electron chi connectivity index (χ0n) is 12.8. The highest BCUT2D eigenvalue weighted by Crippen LogP contribution is 2.20. The van der Waals surface area contributed by atoms with Crippen LogP contribution in [-0.4, -0.2) is 23.3 Å². The Balaban J connectivity index is 1.87. The van der Waals surface area contributed by atoms with Gasteiger partial charge in [0.25, 0.3) is 11.8 Å². The van der Waals surface area contributed by atoms with E-state index in [2.05, 4.69) is 28.2 Å². The van der Waals surface area contributed by atoms with E-state index >= 15 is 0 Å². The summed E-state index contributed by atoms with van der Waals surface area (Å²) in [7, 11) is 0. The minimum absolute atomic E-state index is 0.222. The lowest BCUT2D eigenvalue weighted by atomic mass is 10.1. The SMILES string of the molecule is CCCCCCCN1C(=O)C=C(Nc2ccc(Br)cc2)C1=O. The molecular formula is C17H21BrN2O2. The van der Waals surface area contributed by atoms with Gasteiger partial charge in [0.05, 0.1) is 0 Å². The van der Waals surface area contributed by atoms with E-state index in [-0.39, 0.29) is 11.8 Å². The van der Waals surface area contributed by atoms with Crippen LogP contribution >= 0.6 is 15.9 Å². The maximum atomic E-state index is 12.3. The molecule has 0 fully saturated rings. The van der Waals surface area contributed by atoms with Crippen LogP contribution in [0.15, 0.2) is 40.5 Å². The minimum atomic E-state index is -0.233. The van der Waals surface area contributed by atoms with E-state index in [0.717, 1.165) is 29.4 Å². The van der Waals surface area contributed by atoms with Gasteiger partial charge < -0.3 is 5.32 Å². The van der Waals surface area contributed by atoms with E-state index in [1.54, 1.807) is 0 Å². The lowest BCUT2D eigenvalue weighted by molar-refractivity contribution is -0.137. The second-order valence-corrected chi connectivity index (χ2v) is 6.31. The zero-order valence-corrected chi connectivity index (χ0v) is 14.4. The molecule has 1 aromatic carbocycles. The average Bonchev–Trinajstić information content (AvgIpc) is 2.76. The van der Waals surface area contributed by atoms with Gasteiger partial charge in [0.2, 0.25) is 0 Å². The molecule has 5 heteroatoms. The molecule has 1 aliphatic heterocycles. The van der Waals surface area contributed by atoms with E-state index in [1.165, 1.54) is 23.8 Å². The standard InChI is InChI=1S/C17H21BrN2O2/c1-2-3-4-5-6-11-20-16(21)12-15(17(20)22)19-14-9-7-13(18)8-10-14/h7-10,12,19H,2-6,11H2,1H3. The fraction of sp³-hybridized carbons (Fsp3) is 0.412. The molecule has 1 aliphatic rings. The Labute approximate surface area is 139 Å². The molecule has 0 radical (unpaired) electrons. The summed E-state index contributed by atoms with van der Waals surface area (Å²) in [6, 6.07) is 7.48. The Bertz CT molecular complexity index is 567. The normalized spacial score (nSPS) is 14.5. The lowest BCUT2D eigenvalue weighted by Crippen LogP contribution is -2.33. The molecule has 0 aromatic heterocycles. The van der Waals surface area contributed by atoms with Crippen LogP contribution in [0.25, 0.3) is 0 Å². The maximum absolute atomic E-state index is 12.3. The molecule has 22 heavy (non-hydrogen) atoms. The first-order valence-corrected chi connectivity index (χ1v) is 8.51. The quantitative estimate of drug-likeness (QED) is 0.558. The Kier molecular flexibility index (Phi) is 6.19. The number of carbonyl (C=O) groups excluding carboxylic acids is 2. The van der Waals surface area contributed by atoms with Crippen LogP contribution in [0.3, 0.4) is 0 Å². The largest absolute Gasteiger partial charge is 0.351 e. The van der Waals surface area contributed by atoms with Crippen molar-refractivity contribution < 1.29 is 9.59 Å². The van der Waals surface area contributed by atoms with Gasteiger partial charge in [0.1, 0.15) is 5.70 Å². The molecule has 0 spiro atoms. The Morgan fingerprint density at radius 2 is 1.73 bits per heavy atom. The van der Waals surface area contributed by atoms with E-state index in [9.17, 15) is 9.59 Å². The first kappa shape index (κ1) is 16.7. The number of anilines is 1. The van der Waals surface area contributed by atoms with Crippen molar-refractivity contribution in [1.29, 1.82) is 0 Å². The number of hydrogen-bond donors (Lipinski definition) is 1. The Morgan fingerprint density at radius 1 is 1.05 bits per heavy atom. The molecule has 2 rings (SSSR count). The third-order valence-corrected chi connectivity index (χ3v) is 4.15. The molecule has 0 saturated carbocycles. The summed E-state index contributed by atoms with van der Waals surface area (Å²) in [5, 5.41) is 3.02. The highest BCUT2D eigenvalue weighted by atomic mass is 79.9. The van der Waals surface area contributed by atoms with Crippen molar-refractivity contribution in [3.63, 3.8) is 0 Å². The van der Waals surface area contributed by atoms with Crippen LogP contribution in [0.4, 0.5) is 5.69 Å². The summed E-state index contributed by atoms with van der Waals surface area (Å²) >= 11 is 3.36. The highest BCUT2D eigenvalue weighted by Gasteiger charge is 2.30. The van der Waals surface area contributed by atoms with Gasteiger partial charge in [-0.3, -0.25) is 14.5 Å². The second kappa shape index (κ2) is 8.13. The van der Waals surface area contributed by atoms with Gasteiger partial charge in [0.15, 0.2) is 0 Å². The average molecular weight is 365 g/mol. The third kappa shape index (κ3) is 4.44. The van der Waals surface area contributed by atoms with E-state index in [0.29, 0.717) is 12.2 Å². The molecule has 2 amide bonds. The number of hydrogen-bond acceptors (Lipinski definition) is 3. The molecule has 1 aromatic rings. The number of benzene rings is 1. The second-order valence-electron chi connectivity index (χ2n) is 5.40. The Hall–Kier alpha value is -1.62. The zero-order chi connectivity index (χ0) is 15.9. The van der Waals surface area contributed by atoms with Crippen molar-refractivity contribution >= 4 is 33.4 Å². The number of nitrogens with zero attached hydrogens (tertiary/aromatic N) is 1. The van der Waals surface area contributed by atoms with Crippen LogP contribution in [0.5, 0.6) is 0 Å². The van der Waals surface area contributed by atoms with Crippen molar-refractivity contribution in [2.45, 2.75) is 39.0 Å². The van der Waals surface area contributed by atoms with E-state index in [4.69, 9.17) is 0 Å². The molecule has 4 nitrogen and oxygen atoms in total.